The second-order valence-corrected chi connectivity index (χ2v) is 3.59. The van der Waals surface area contributed by atoms with Gasteiger partial charge in [0.1, 0.15) is 6.10 Å². The van der Waals surface area contributed by atoms with E-state index >= 15 is 0 Å². The summed E-state index contributed by atoms with van der Waals surface area (Å²) in [5.41, 5.74) is 1.10. The lowest BCUT2D eigenvalue weighted by atomic mass is 10.1. The smallest absolute Gasteiger partial charge is 0.155 e. The molecule has 0 radical (unpaired) electrons. The van der Waals surface area contributed by atoms with Crippen molar-refractivity contribution >= 4 is 0 Å². The highest BCUT2D eigenvalue weighted by Gasteiger charge is 2.19. The highest BCUT2D eigenvalue weighted by Crippen LogP contribution is 2.23. The van der Waals surface area contributed by atoms with Gasteiger partial charge in [-0.1, -0.05) is 18.2 Å². The topological polar surface area (TPSA) is 21.7 Å². The Morgan fingerprint density at radius 3 is 2.94 bits per heavy atom. The van der Waals surface area contributed by atoms with E-state index in [2.05, 4.69) is 0 Å². The van der Waals surface area contributed by atoms with Crippen LogP contribution < -0.4 is 4.84 Å². The fourth-order valence-corrected chi connectivity index (χ4v) is 1.66. The molecule has 0 spiro atoms. The summed E-state index contributed by atoms with van der Waals surface area (Å²) >= 11 is 0. The third-order valence-corrected chi connectivity index (χ3v) is 2.45. The van der Waals surface area contributed by atoms with Crippen LogP contribution in [0, 0.1) is 0 Å². The summed E-state index contributed by atoms with van der Waals surface area (Å²) in [5.74, 6) is 0.811. The molecule has 80 valence electrons. The van der Waals surface area contributed by atoms with Gasteiger partial charge in [0.25, 0.3) is 0 Å². The number of ether oxygens (including phenoxy) is 1. The summed E-state index contributed by atoms with van der Waals surface area (Å²) in [6.45, 7) is 0. The summed E-state index contributed by atoms with van der Waals surface area (Å²) in [5, 5.41) is 1.68. The zero-order valence-corrected chi connectivity index (χ0v) is 8.61. The maximum absolute atomic E-state index is 5.64. The van der Waals surface area contributed by atoms with Crippen LogP contribution >= 0.6 is 0 Å². The van der Waals surface area contributed by atoms with Gasteiger partial charge in [-0.3, -0.25) is 0 Å². The molecule has 3 rings (SSSR count). The minimum absolute atomic E-state index is 0.0515. The molecule has 2 aliphatic rings. The van der Waals surface area contributed by atoms with Crippen molar-refractivity contribution in [3.8, 4) is 5.75 Å². The number of fused-ring (bicyclic) bond motifs is 1. The van der Waals surface area contributed by atoms with Crippen LogP contribution in [0.3, 0.4) is 0 Å². The van der Waals surface area contributed by atoms with Gasteiger partial charge >= 0.3 is 0 Å². The van der Waals surface area contributed by atoms with Crippen LogP contribution in [-0.4, -0.2) is 11.2 Å². The lowest BCUT2D eigenvalue weighted by Crippen LogP contribution is -2.21. The van der Waals surface area contributed by atoms with Crippen molar-refractivity contribution in [2.24, 2.45) is 0 Å². The van der Waals surface area contributed by atoms with Gasteiger partial charge in [-0.05, 0) is 24.3 Å². The number of rotatable bonds is 2. The normalized spacial score (nSPS) is 21.4. The van der Waals surface area contributed by atoms with E-state index in [1.807, 2.05) is 54.9 Å². The molecular weight excluding hydrogens is 202 g/mol. The molecule has 0 bridgehead atoms. The third-order valence-electron chi connectivity index (χ3n) is 2.45. The van der Waals surface area contributed by atoms with Crippen LogP contribution in [0.15, 0.2) is 66.7 Å². The molecule has 1 aromatic carbocycles. The molecule has 0 aromatic heterocycles. The van der Waals surface area contributed by atoms with E-state index in [0.29, 0.717) is 0 Å². The molecule has 16 heavy (non-hydrogen) atoms. The average molecular weight is 213 g/mol. The minimum Gasteiger partial charge on any atom is -0.489 e. The fraction of sp³-hybridized carbons (Fsp3) is 0.0769. The maximum atomic E-state index is 5.64. The maximum Gasteiger partial charge on any atom is 0.155 e. The molecule has 3 heteroatoms. The van der Waals surface area contributed by atoms with Crippen LogP contribution in [-0.2, 0) is 4.74 Å². The Hall–Kier alpha value is -2.16. The molecular formula is C13H11NO2. The molecule has 2 heterocycles. The van der Waals surface area contributed by atoms with Crippen LogP contribution in [0.4, 0.5) is 0 Å². The fourth-order valence-electron chi connectivity index (χ4n) is 1.66. The number of para-hydroxylation sites is 1. The summed E-state index contributed by atoms with van der Waals surface area (Å²) < 4.78 is 5.34. The first-order chi connectivity index (χ1) is 7.92. The Kier molecular flexibility index (Phi) is 2.14. The van der Waals surface area contributed by atoms with Gasteiger partial charge in [-0.2, -0.15) is 5.06 Å². The van der Waals surface area contributed by atoms with Gasteiger partial charge in [-0.25, -0.2) is 0 Å². The second kappa shape index (κ2) is 3.77. The predicted octanol–water partition coefficient (Wildman–Crippen LogP) is 2.61. The van der Waals surface area contributed by atoms with Crippen LogP contribution in [0.25, 0.3) is 0 Å². The highest BCUT2D eigenvalue weighted by molar-refractivity contribution is 5.33. The van der Waals surface area contributed by atoms with Crippen molar-refractivity contribution in [3.63, 3.8) is 0 Å². The van der Waals surface area contributed by atoms with Gasteiger partial charge in [-0.15, -0.1) is 0 Å². The van der Waals surface area contributed by atoms with Crippen molar-refractivity contribution in [2.75, 3.05) is 0 Å². The SMILES string of the molecule is C1=CC2=CN(Oc3ccccc3)C=CC2O1. The highest BCUT2D eigenvalue weighted by atomic mass is 16.7. The van der Waals surface area contributed by atoms with Crippen molar-refractivity contribution in [2.45, 2.75) is 6.10 Å². The predicted molar refractivity (Wildman–Crippen MR) is 60.1 cm³/mol. The van der Waals surface area contributed by atoms with Gasteiger partial charge in [0.2, 0.25) is 0 Å². The number of benzene rings is 1. The first-order valence-corrected chi connectivity index (χ1v) is 5.15. The summed E-state index contributed by atoms with van der Waals surface area (Å²) in [4.78, 5) is 5.64. The van der Waals surface area contributed by atoms with E-state index in [1.165, 1.54) is 0 Å². The Labute approximate surface area is 93.8 Å². The van der Waals surface area contributed by atoms with Crippen molar-refractivity contribution in [3.05, 3.63) is 66.7 Å². The largest absolute Gasteiger partial charge is 0.489 e. The van der Waals surface area contributed by atoms with E-state index in [9.17, 15) is 0 Å². The van der Waals surface area contributed by atoms with E-state index in [1.54, 1.807) is 11.3 Å². The van der Waals surface area contributed by atoms with Gasteiger partial charge in [0, 0.05) is 11.8 Å². The van der Waals surface area contributed by atoms with Crippen molar-refractivity contribution in [1.29, 1.82) is 0 Å². The summed E-state index contributed by atoms with van der Waals surface area (Å²) in [6.07, 6.45) is 9.42. The molecule has 1 aromatic rings. The molecule has 0 N–H and O–H groups in total. The molecule has 0 fully saturated rings. The Balaban J connectivity index is 1.75. The average Bonchev–Trinajstić information content (AvgIpc) is 2.77. The molecule has 0 amide bonds. The molecule has 1 atom stereocenters. The zero-order chi connectivity index (χ0) is 10.8. The Morgan fingerprint density at radius 2 is 2.06 bits per heavy atom. The minimum atomic E-state index is 0.0515. The van der Waals surface area contributed by atoms with Gasteiger partial charge in [0.15, 0.2) is 5.75 Å². The lowest BCUT2D eigenvalue weighted by Gasteiger charge is -2.22. The summed E-state index contributed by atoms with van der Waals surface area (Å²) in [6, 6.07) is 9.68. The van der Waals surface area contributed by atoms with Crippen molar-refractivity contribution < 1.29 is 9.57 Å². The van der Waals surface area contributed by atoms with Crippen LogP contribution in [0.1, 0.15) is 0 Å². The number of hydrogen-bond donors (Lipinski definition) is 0. The lowest BCUT2D eigenvalue weighted by molar-refractivity contribution is 0.0392. The monoisotopic (exact) mass is 213 g/mol. The standard InChI is InChI=1S/C13H11NO2/c1-2-4-12(5-3-1)16-14-8-6-13-11(10-14)7-9-15-13/h1-10,13H. The zero-order valence-electron chi connectivity index (χ0n) is 8.61. The first-order valence-electron chi connectivity index (χ1n) is 5.15. The van der Waals surface area contributed by atoms with Crippen LogP contribution in [0.5, 0.6) is 5.75 Å². The summed E-state index contributed by atoms with van der Waals surface area (Å²) in [7, 11) is 0. The van der Waals surface area contributed by atoms with Crippen LogP contribution in [0.2, 0.25) is 0 Å². The Morgan fingerprint density at radius 1 is 1.19 bits per heavy atom. The van der Waals surface area contributed by atoms with E-state index in [0.717, 1.165) is 11.3 Å². The number of nitrogens with zero attached hydrogens (tertiary/aromatic N) is 1. The molecule has 0 saturated heterocycles. The van der Waals surface area contributed by atoms with E-state index < -0.39 is 0 Å². The van der Waals surface area contributed by atoms with Gasteiger partial charge < -0.3 is 9.57 Å². The van der Waals surface area contributed by atoms with E-state index in [4.69, 9.17) is 9.57 Å². The Bertz CT molecular complexity index is 462. The molecule has 0 saturated carbocycles. The molecule has 3 nitrogen and oxygen atoms in total. The first kappa shape index (κ1) is 9.09. The van der Waals surface area contributed by atoms with E-state index in [-0.39, 0.29) is 6.10 Å². The second-order valence-electron chi connectivity index (χ2n) is 3.59. The molecule has 1 unspecified atom stereocenters. The third kappa shape index (κ3) is 1.67. The quantitative estimate of drug-likeness (QED) is 0.753. The number of hydrogen-bond acceptors (Lipinski definition) is 3. The van der Waals surface area contributed by atoms with Gasteiger partial charge in [0.05, 0.1) is 12.5 Å². The number of hydroxylamine groups is 2. The molecule has 0 aliphatic carbocycles. The molecule has 2 aliphatic heterocycles. The van der Waals surface area contributed by atoms with Crippen molar-refractivity contribution in [1.82, 2.24) is 5.06 Å².